The van der Waals surface area contributed by atoms with Gasteiger partial charge in [-0.15, -0.1) is 6.58 Å². The Kier molecular flexibility index (Phi) is 2.43. The Bertz CT molecular complexity index is 240. The highest BCUT2D eigenvalue weighted by atomic mass is 16.1. The smallest absolute Gasteiger partial charge is 0.271 e. The Balaban J connectivity index is 2.49. The molecular formula is C7H8N3O. The Hall–Kier alpha value is -1.58. The number of rotatable bonds is 3. The molecule has 0 aromatic carbocycles. The first-order valence-corrected chi connectivity index (χ1v) is 3.15. The summed E-state index contributed by atoms with van der Waals surface area (Å²) in [6.07, 6.45) is 5.52. The van der Waals surface area contributed by atoms with Crippen LogP contribution in [0.3, 0.4) is 0 Å². The van der Waals surface area contributed by atoms with E-state index in [1.807, 2.05) is 0 Å². The molecule has 1 heterocycles. The van der Waals surface area contributed by atoms with Crippen LogP contribution in [0.2, 0.25) is 0 Å². The number of carbonyl (C=O) groups is 1. The molecule has 57 valence electrons. The molecule has 1 aromatic rings. The van der Waals surface area contributed by atoms with Crippen molar-refractivity contribution in [3.05, 3.63) is 30.9 Å². The molecule has 11 heavy (non-hydrogen) atoms. The summed E-state index contributed by atoms with van der Waals surface area (Å²) in [6.45, 7) is 3.91. The van der Waals surface area contributed by atoms with E-state index in [0.29, 0.717) is 12.2 Å². The number of hydrogen-bond donors (Lipinski definition) is 2. The Labute approximate surface area is 64.3 Å². The van der Waals surface area contributed by atoms with Crippen molar-refractivity contribution in [1.29, 1.82) is 0 Å². The van der Waals surface area contributed by atoms with Gasteiger partial charge in [-0.05, 0) is 0 Å². The summed E-state index contributed by atoms with van der Waals surface area (Å²) in [5.74, 6) is -0.220. The van der Waals surface area contributed by atoms with E-state index in [1.54, 1.807) is 6.08 Å². The van der Waals surface area contributed by atoms with Gasteiger partial charge in [0.1, 0.15) is 5.69 Å². The number of amides is 1. The lowest BCUT2D eigenvalue weighted by atomic mass is 10.4. The number of nitrogens with zero attached hydrogens (tertiary/aromatic N) is 1. The summed E-state index contributed by atoms with van der Waals surface area (Å²) in [5, 5.41) is 2.58. The van der Waals surface area contributed by atoms with Gasteiger partial charge < -0.3 is 10.3 Å². The molecule has 0 fully saturated rings. The number of nitrogens with one attached hydrogen (secondary N) is 2. The fourth-order valence-electron chi connectivity index (χ4n) is 0.597. The molecule has 1 rings (SSSR count). The second kappa shape index (κ2) is 3.55. The Morgan fingerprint density at radius 2 is 2.82 bits per heavy atom. The van der Waals surface area contributed by atoms with Crippen LogP contribution in [0.4, 0.5) is 0 Å². The van der Waals surface area contributed by atoms with Crippen LogP contribution in [0, 0.1) is 6.33 Å². The van der Waals surface area contributed by atoms with Crippen LogP contribution in [-0.2, 0) is 0 Å². The average Bonchev–Trinajstić information content (AvgIpc) is 2.52. The molecule has 0 saturated carbocycles. The number of hydrogen-bond acceptors (Lipinski definition) is 2. The molecule has 0 aliphatic rings. The first-order chi connectivity index (χ1) is 5.34. The first kappa shape index (κ1) is 7.53. The highest BCUT2D eigenvalue weighted by Gasteiger charge is 2.04. The third-order valence-corrected chi connectivity index (χ3v) is 1.09. The second-order valence-corrected chi connectivity index (χ2v) is 1.90. The maximum atomic E-state index is 11.0. The number of aromatic amines is 1. The summed E-state index contributed by atoms with van der Waals surface area (Å²) in [5.41, 5.74) is 0.340. The van der Waals surface area contributed by atoms with Gasteiger partial charge in [-0.25, -0.2) is 4.98 Å². The predicted octanol–water partition coefficient (Wildman–Crippen LogP) is 0.126. The van der Waals surface area contributed by atoms with Gasteiger partial charge in [-0.1, -0.05) is 6.08 Å². The molecule has 0 aliphatic heterocycles. The third-order valence-electron chi connectivity index (χ3n) is 1.09. The lowest BCUT2D eigenvalue weighted by Gasteiger charge is -1.95. The monoisotopic (exact) mass is 150 g/mol. The van der Waals surface area contributed by atoms with Gasteiger partial charge >= 0.3 is 0 Å². The molecule has 1 radical (unpaired) electrons. The topological polar surface area (TPSA) is 57.8 Å². The fourth-order valence-corrected chi connectivity index (χ4v) is 0.597. The lowest BCUT2D eigenvalue weighted by Crippen LogP contribution is -2.23. The Morgan fingerprint density at radius 3 is 3.36 bits per heavy atom. The van der Waals surface area contributed by atoms with Crippen LogP contribution in [0.25, 0.3) is 0 Å². The number of H-pyrrole nitrogens is 1. The zero-order valence-corrected chi connectivity index (χ0v) is 5.92. The van der Waals surface area contributed by atoms with E-state index in [2.05, 4.69) is 28.2 Å². The molecule has 0 aliphatic carbocycles. The van der Waals surface area contributed by atoms with E-state index in [0.717, 1.165) is 0 Å². The van der Waals surface area contributed by atoms with Gasteiger partial charge in [-0.2, -0.15) is 0 Å². The minimum atomic E-state index is -0.220. The van der Waals surface area contributed by atoms with Crippen LogP contribution in [0.1, 0.15) is 10.5 Å². The zero-order chi connectivity index (χ0) is 8.10. The van der Waals surface area contributed by atoms with E-state index in [9.17, 15) is 4.79 Å². The maximum absolute atomic E-state index is 11.0. The van der Waals surface area contributed by atoms with Crippen molar-refractivity contribution in [2.24, 2.45) is 0 Å². The van der Waals surface area contributed by atoms with Crippen molar-refractivity contribution in [2.75, 3.05) is 6.54 Å². The summed E-state index contributed by atoms with van der Waals surface area (Å²) in [7, 11) is 0. The van der Waals surface area contributed by atoms with Gasteiger partial charge in [0.05, 0.1) is 0 Å². The molecule has 0 atom stereocenters. The lowest BCUT2D eigenvalue weighted by molar-refractivity contribution is 0.0953. The molecule has 0 unspecified atom stereocenters. The SMILES string of the molecule is C=CCNC(=O)c1c[nH][c]n1. The van der Waals surface area contributed by atoms with E-state index in [-0.39, 0.29) is 5.91 Å². The van der Waals surface area contributed by atoms with Crippen molar-refractivity contribution in [2.45, 2.75) is 0 Å². The quantitative estimate of drug-likeness (QED) is 0.601. The van der Waals surface area contributed by atoms with E-state index < -0.39 is 0 Å². The van der Waals surface area contributed by atoms with Crippen molar-refractivity contribution in [3.8, 4) is 0 Å². The van der Waals surface area contributed by atoms with E-state index in [4.69, 9.17) is 0 Å². The standard InChI is InChI=1S/C7H8N3O/c1-2-3-9-7(11)6-4-8-5-10-6/h2,4H,1,3H2,(H,8,10)(H,9,11). The van der Waals surface area contributed by atoms with Crippen molar-refractivity contribution in [3.63, 3.8) is 0 Å². The van der Waals surface area contributed by atoms with E-state index >= 15 is 0 Å². The van der Waals surface area contributed by atoms with Crippen LogP contribution >= 0.6 is 0 Å². The average molecular weight is 150 g/mol. The van der Waals surface area contributed by atoms with Crippen molar-refractivity contribution < 1.29 is 4.79 Å². The fraction of sp³-hybridized carbons (Fsp3) is 0.143. The van der Waals surface area contributed by atoms with Crippen molar-refractivity contribution in [1.82, 2.24) is 15.3 Å². The predicted molar refractivity (Wildman–Crippen MR) is 40.0 cm³/mol. The van der Waals surface area contributed by atoms with Gasteiger partial charge in [-0.3, -0.25) is 4.79 Å². The highest BCUT2D eigenvalue weighted by Crippen LogP contribution is 1.88. The number of aromatic nitrogens is 2. The van der Waals surface area contributed by atoms with Crippen LogP contribution in [0.15, 0.2) is 18.9 Å². The minimum Gasteiger partial charge on any atom is -0.347 e. The number of carbonyl (C=O) groups excluding carboxylic acids is 1. The normalized spacial score (nSPS) is 9.09. The minimum absolute atomic E-state index is 0.220. The molecule has 1 amide bonds. The summed E-state index contributed by atoms with van der Waals surface area (Å²) >= 11 is 0. The Morgan fingerprint density at radius 1 is 2.00 bits per heavy atom. The molecular weight excluding hydrogens is 142 g/mol. The molecule has 2 N–H and O–H groups in total. The van der Waals surface area contributed by atoms with Gasteiger partial charge in [0.15, 0.2) is 6.33 Å². The highest BCUT2D eigenvalue weighted by molar-refractivity contribution is 5.91. The molecule has 0 saturated heterocycles. The first-order valence-electron chi connectivity index (χ1n) is 3.15. The third kappa shape index (κ3) is 1.93. The second-order valence-electron chi connectivity index (χ2n) is 1.90. The molecule has 1 aromatic heterocycles. The van der Waals surface area contributed by atoms with Gasteiger partial charge in [0, 0.05) is 12.7 Å². The number of imidazole rings is 1. The zero-order valence-electron chi connectivity index (χ0n) is 5.92. The van der Waals surface area contributed by atoms with Gasteiger partial charge in [0.2, 0.25) is 0 Å². The summed E-state index contributed by atoms with van der Waals surface area (Å²) in [4.78, 5) is 17.2. The van der Waals surface area contributed by atoms with Crippen LogP contribution < -0.4 is 5.32 Å². The molecule has 0 bridgehead atoms. The summed E-state index contributed by atoms with van der Waals surface area (Å²) in [6, 6.07) is 0. The van der Waals surface area contributed by atoms with E-state index in [1.165, 1.54) is 6.20 Å². The maximum Gasteiger partial charge on any atom is 0.271 e. The van der Waals surface area contributed by atoms with Crippen LogP contribution in [-0.4, -0.2) is 22.4 Å². The molecule has 4 heteroatoms. The van der Waals surface area contributed by atoms with Gasteiger partial charge in [0.25, 0.3) is 5.91 Å². The van der Waals surface area contributed by atoms with Crippen LogP contribution in [0.5, 0.6) is 0 Å². The molecule has 0 spiro atoms. The summed E-state index contributed by atoms with van der Waals surface area (Å²) < 4.78 is 0. The van der Waals surface area contributed by atoms with Crippen molar-refractivity contribution >= 4 is 5.91 Å². The largest absolute Gasteiger partial charge is 0.347 e. The molecule has 4 nitrogen and oxygen atoms in total.